The van der Waals surface area contributed by atoms with Crippen LogP contribution in [0.4, 0.5) is 0 Å². The number of benzene rings is 1. The summed E-state index contributed by atoms with van der Waals surface area (Å²) >= 11 is 0. The van der Waals surface area contributed by atoms with E-state index in [2.05, 4.69) is 23.3 Å². The van der Waals surface area contributed by atoms with Crippen LogP contribution in [0.5, 0.6) is 0 Å². The molecule has 1 aromatic carbocycles. The van der Waals surface area contributed by atoms with Gasteiger partial charge in [-0.05, 0) is 55.7 Å². The van der Waals surface area contributed by atoms with Crippen LogP contribution in [0.3, 0.4) is 0 Å². The molecule has 0 saturated heterocycles. The monoisotopic (exact) mass is 326 g/mol. The summed E-state index contributed by atoms with van der Waals surface area (Å²) in [5.74, 6) is 0.573. The molecule has 3 rings (SSSR count). The smallest absolute Gasteiger partial charge is 0.268 e. The summed E-state index contributed by atoms with van der Waals surface area (Å²) in [4.78, 5) is 15.9. The van der Waals surface area contributed by atoms with Crippen molar-refractivity contribution in [1.29, 1.82) is 0 Å². The van der Waals surface area contributed by atoms with Gasteiger partial charge in [-0.25, -0.2) is 0 Å². The lowest BCUT2D eigenvalue weighted by molar-refractivity contribution is 0.0913. The maximum atomic E-state index is 12.7. The Bertz CT molecular complexity index is 834. The van der Waals surface area contributed by atoms with Crippen molar-refractivity contribution in [3.05, 3.63) is 59.2 Å². The predicted octanol–water partition coefficient (Wildman–Crippen LogP) is 3.89. The first-order valence-corrected chi connectivity index (χ1v) is 8.01. The number of carbonyl (C=O) groups is 1. The van der Waals surface area contributed by atoms with Crippen molar-refractivity contribution < 1.29 is 13.9 Å². The molecule has 0 radical (unpaired) electrons. The number of fused-ring (bicyclic) bond motifs is 1. The highest BCUT2D eigenvalue weighted by atomic mass is 16.5. The molecule has 2 heterocycles. The standard InChI is InChI=1S/C19H22N2O3/c1-12-9-13(2)14-11-17(20-16(14)10-12)19(22)21-15(6-8-23-3)18-5-4-7-24-18/h4-5,7,9-11,15,20H,6,8H2,1-3H3,(H,21,22)/t15-/m0/s1. The summed E-state index contributed by atoms with van der Waals surface area (Å²) in [7, 11) is 1.64. The second-order valence-corrected chi connectivity index (χ2v) is 6.05. The lowest BCUT2D eigenvalue weighted by Crippen LogP contribution is -2.29. The van der Waals surface area contributed by atoms with E-state index in [4.69, 9.17) is 9.15 Å². The number of ether oxygens (including phenoxy) is 1. The molecule has 0 fully saturated rings. The molecule has 3 aromatic rings. The van der Waals surface area contributed by atoms with E-state index in [1.807, 2.05) is 31.2 Å². The summed E-state index contributed by atoms with van der Waals surface area (Å²) in [5.41, 5.74) is 3.85. The first-order chi connectivity index (χ1) is 11.6. The van der Waals surface area contributed by atoms with Crippen LogP contribution < -0.4 is 5.32 Å². The van der Waals surface area contributed by atoms with Gasteiger partial charge in [-0.15, -0.1) is 0 Å². The highest BCUT2D eigenvalue weighted by Crippen LogP contribution is 2.23. The minimum atomic E-state index is -0.221. The van der Waals surface area contributed by atoms with Crippen molar-refractivity contribution in [3.63, 3.8) is 0 Å². The molecule has 0 aliphatic rings. The average molecular weight is 326 g/mol. The highest BCUT2D eigenvalue weighted by Gasteiger charge is 2.19. The van der Waals surface area contributed by atoms with Crippen molar-refractivity contribution in [2.75, 3.05) is 13.7 Å². The Hall–Kier alpha value is -2.53. The molecule has 126 valence electrons. The Morgan fingerprint density at radius 1 is 1.33 bits per heavy atom. The number of carbonyl (C=O) groups excluding carboxylic acids is 1. The van der Waals surface area contributed by atoms with Crippen LogP contribution in [0.2, 0.25) is 0 Å². The fourth-order valence-electron chi connectivity index (χ4n) is 2.97. The molecule has 0 saturated carbocycles. The molecule has 1 amide bonds. The number of aryl methyl sites for hydroxylation is 2. The third kappa shape index (κ3) is 3.36. The summed E-state index contributed by atoms with van der Waals surface area (Å²) in [6, 6.07) is 9.52. The van der Waals surface area contributed by atoms with E-state index in [1.165, 1.54) is 5.56 Å². The third-order valence-electron chi connectivity index (χ3n) is 4.14. The lowest BCUT2D eigenvalue weighted by atomic mass is 10.1. The zero-order valence-corrected chi connectivity index (χ0v) is 14.2. The zero-order valence-electron chi connectivity index (χ0n) is 14.2. The van der Waals surface area contributed by atoms with Crippen LogP contribution >= 0.6 is 0 Å². The molecule has 5 nitrogen and oxygen atoms in total. The maximum Gasteiger partial charge on any atom is 0.268 e. The van der Waals surface area contributed by atoms with Gasteiger partial charge < -0.3 is 19.5 Å². The molecule has 0 spiro atoms. The largest absolute Gasteiger partial charge is 0.467 e. The Kier molecular flexibility index (Phi) is 4.71. The number of nitrogens with one attached hydrogen (secondary N) is 2. The highest BCUT2D eigenvalue weighted by molar-refractivity contribution is 5.99. The van der Waals surface area contributed by atoms with Gasteiger partial charge >= 0.3 is 0 Å². The fraction of sp³-hybridized carbons (Fsp3) is 0.316. The van der Waals surface area contributed by atoms with E-state index in [0.29, 0.717) is 18.7 Å². The van der Waals surface area contributed by atoms with Crippen molar-refractivity contribution in [2.24, 2.45) is 0 Å². The number of amides is 1. The second-order valence-electron chi connectivity index (χ2n) is 6.05. The number of hydrogen-bond donors (Lipinski definition) is 2. The lowest BCUT2D eigenvalue weighted by Gasteiger charge is -2.15. The van der Waals surface area contributed by atoms with Crippen LogP contribution in [0.1, 0.15) is 39.8 Å². The van der Waals surface area contributed by atoms with Crippen LogP contribution in [0.15, 0.2) is 41.0 Å². The molecule has 2 aromatic heterocycles. The molecular formula is C19H22N2O3. The molecule has 2 N–H and O–H groups in total. The van der Waals surface area contributed by atoms with E-state index in [1.54, 1.807) is 13.4 Å². The topological polar surface area (TPSA) is 67.3 Å². The molecule has 5 heteroatoms. The molecule has 1 atom stereocenters. The van der Waals surface area contributed by atoms with Crippen molar-refractivity contribution in [1.82, 2.24) is 10.3 Å². The van der Waals surface area contributed by atoms with Gasteiger partial charge in [0.05, 0.1) is 12.3 Å². The molecule has 0 unspecified atom stereocenters. The Morgan fingerprint density at radius 2 is 2.17 bits per heavy atom. The van der Waals surface area contributed by atoms with Crippen LogP contribution in [0.25, 0.3) is 10.9 Å². The van der Waals surface area contributed by atoms with E-state index in [9.17, 15) is 4.79 Å². The van der Waals surface area contributed by atoms with Gasteiger partial charge in [0.2, 0.25) is 0 Å². The first-order valence-electron chi connectivity index (χ1n) is 8.01. The third-order valence-corrected chi connectivity index (χ3v) is 4.14. The fourth-order valence-corrected chi connectivity index (χ4v) is 2.97. The van der Waals surface area contributed by atoms with Crippen molar-refractivity contribution in [2.45, 2.75) is 26.3 Å². The van der Waals surface area contributed by atoms with Gasteiger partial charge in [-0.3, -0.25) is 4.79 Å². The molecule has 0 aliphatic carbocycles. The Morgan fingerprint density at radius 3 is 2.88 bits per heavy atom. The van der Waals surface area contributed by atoms with Gasteiger partial charge in [-0.1, -0.05) is 6.07 Å². The van der Waals surface area contributed by atoms with Gasteiger partial charge in [0.15, 0.2) is 0 Å². The molecule has 24 heavy (non-hydrogen) atoms. The summed E-state index contributed by atoms with van der Waals surface area (Å²) in [6.45, 7) is 4.64. The summed E-state index contributed by atoms with van der Waals surface area (Å²) in [5, 5.41) is 4.09. The second kappa shape index (κ2) is 6.93. The number of rotatable bonds is 6. The van der Waals surface area contributed by atoms with Gasteiger partial charge in [0.1, 0.15) is 11.5 Å². The minimum Gasteiger partial charge on any atom is -0.467 e. The number of aromatic nitrogens is 1. The van der Waals surface area contributed by atoms with E-state index in [-0.39, 0.29) is 11.9 Å². The first kappa shape index (κ1) is 16.3. The predicted molar refractivity (Wildman–Crippen MR) is 93.2 cm³/mol. The summed E-state index contributed by atoms with van der Waals surface area (Å²) in [6.07, 6.45) is 2.25. The number of furan rings is 1. The van der Waals surface area contributed by atoms with Crippen molar-refractivity contribution in [3.8, 4) is 0 Å². The number of hydrogen-bond acceptors (Lipinski definition) is 3. The van der Waals surface area contributed by atoms with Crippen LogP contribution in [-0.4, -0.2) is 24.6 Å². The van der Waals surface area contributed by atoms with Gasteiger partial charge in [0.25, 0.3) is 5.91 Å². The van der Waals surface area contributed by atoms with Crippen LogP contribution in [0, 0.1) is 13.8 Å². The minimum absolute atomic E-state index is 0.152. The zero-order chi connectivity index (χ0) is 17.1. The van der Waals surface area contributed by atoms with Crippen LogP contribution in [-0.2, 0) is 4.74 Å². The number of aromatic amines is 1. The van der Waals surface area contributed by atoms with Gasteiger partial charge in [0, 0.05) is 24.6 Å². The SMILES string of the molecule is COCC[C@H](NC(=O)c1cc2c(C)cc(C)cc2[nH]1)c1ccco1. The maximum absolute atomic E-state index is 12.7. The van der Waals surface area contributed by atoms with E-state index in [0.717, 1.165) is 22.2 Å². The number of H-pyrrole nitrogens is 1. The normalized spacial score (nSPS) is 12.5. The van der Waals surface area contributed by atoms with Gasteiger partial charge in [-0.2, -0.15) is 0 Å². The summed E-state index contributed by atoms with van der Waals surface area (Å²) < 4.78 is 10.6. The van der Waals surface area contributed by atoms with E-state index >= 15 is 0 Å². The van der Waals surface area contributed by atoms with Crippen molar-refractivity contribution >= 4 is 16.8 Å². The molecular weight excluding hydrogens is 304 g/mol. The van der Waals surface area contributed by atoms with E-state index < -0.39 is 0 Å². The molecule has 0 bridgehead atoms. The number of methoxy groups -OCH3 is 1. The average Bonchev–Trinajstić information content (AvgIpc) is 3.20. The quantitative estimate of drug-likeness (QED) is 0.722. The Labute approximate surface area is 141 Å². The Balaban J connectivity index is 1.83. The molecule has 0 aliphatic heterocycles.